The first-order valence-electron chi connectivity index (χ1n) is 7.04. The lowest BCUT2D eigenvalue weighted by atomic mass is 9.68. The third-order valence-electron chi connectivity index (χ3n) is 4.56. The number of carbonyl (C=O) groups excluding carboxylic acids is 1. The van der Waals surface area contributed by atoms with Crippen LogP contribution in [0.2, 0.25) is 0 Å². The van der Waals surface area contributed by atoms with Gasteiger partial charge in [-0.25, -0.2) is 0 Å². The molecule has 0 aromatic rings. The lowest BCUT2D eigenvalue weighted by Crippen LogP contribution is -2.45. The Morgan fingerprint density at radius 3 is 2.65 bits per heavy atom. The Balaban J connectivity index is 1.81. The van der Waals surface area contributed by atoms with Crippen LogP contribution in [0, 0.1) is 17.3 Å². The number of nitrogens with one attached hydrogen (secondary N) is 1. The van der Waals surface area contributed by atoms with Crippen LogP contribution in [-0.2, 0) is 4.79 Å². The van der Waals surface area contributed by atoms with Crippen molar-refractivity contribution in [3.05, 3.63) is 0 Å². The highest BCUT2D eigenvalue weighted by Gasteiger charge is 2.37. The van der Waals surface area contributed by atoms with Crippen molar-refractivity contribution in [3.63, 3.8) is 0 Å². The van der Waals surface area contributed by atoms with E-state index in [-0.39, 0.29) is 23.3 Å². The van der Waals surface area contributed by atoms with Gasteiger partial charge in [0.05, 0.1) is 0 Å². The van der Waals surface area contributed by atoms with E-state index >= 15 is 0 Å². The zero-order valence-electron chi connectivity index (χ0n) is 11.2. The number of carbonyl (C=O) groups is 1. The van der Waals surface area contributed by atoms with Crippen LogP contribution in [0.4, 0.5) is 0 Å². The molecular formula is C14H26N2O. The Bertz CT molecular complexity index is 284. The SMILES string of the molecule is CC1(C)CCCCC1C(=O)NCC(N)C1CC1. The maximum Gasteiger partial charge on any atom is 0.223 e. The smallest absolute Gasteiger partial charge is 0.223 e. The van der Waals surface area contributed by atoms with Crippen molar-refractivity contribution in [1.82, 2.24) is 5.32 Å². The fourth-order valence-corrected chi connectivity index (χ4v) is 3.01. The van der Waals surface area contributed by atoms with E-state index in [4.69, 9.17) is 5.73 Å². The summed E-state index contributed by atoms with van der Waals surface area (Å²) in [5.74, 6) is 1.07. The summed E-state index contributed by atoms with van der Waals surface area (Å²) < 4.78 is 0. The van der Waals surface area contributed by atoms with Gasteiger partial charge in [0, 0.05) is 18.5 Å². The number of nitrogens with two attached hydrogens (primary N) is 1. The van der Waals surface area contributed by atoms with Gasteiger partial charge in [-0.15, -0.1) is 0 Å². The summed E-state index contributed by atoms with van der Waals surface area (Å²) in [6.45, 7) is 5.10. The average molecular weight is 238 g/mol. The predicted octanol–water partition coefficient (Wildman–Crippen LogP) is 2.06. The molecule has 1 amide bonds. The van der Waals surface area contributed by atoms with Crippen LogP contribution < -0.4 is 11.1 Å². The minimum absolute atomic E-state index is 0.159. The summed E-state index contributed by atoms with van der Waals surface area (Å²) in [5, 5.41) is 3.07. The van der Waals surface area contributed by atoms with Crippen LogP contribution in [0.1, 0.15) is 52.4 Å². The Labute approximate surface area is 105 Å². The van der Waals surface area contributed by atoms with Crippen molar-refractivity contribution in [1.29, 1.82) is 0 Å². The summed E-state index contributed by atoms with van der Waals surface area (Å²) >= 11 is 0. The van der Waals surface area contributed by atoms with Gasteiger partial charge in [-0.05, 0) is 37.0 Å². The summed E-state index contributed by atoms with van der Waals surface area (Å²) in [6, 6.07) is 0.172. The van der Waals surface area contributed by atoms with Gasteiger partial charge in [-0.3, -0.25) is 4.79 Å². The molecule has 0 aliphatic heterocycles. The highest BCUT2D eigenvalue weighted by atomic mass is 16.1. The van der Waals surface area contributed by atoms with E-state index in [0.29, 0.717) is 12.5 Å². The molecule has 2 rings (SSSR count). The summed E-state index contributed by atoms with van der Waals surface area (Å²) in [6.07, 6.45) is 7.14. The topological polar surface area (TPSA) is 55.1 Å². The molecule has 2 aliphatic rings. The molecule has 3 N–H and O–H groups in total. The van der Waals surface area contributed by atoms with E-state index in [1.54, 1.807) is 0 Å². The maximum atomic E-state index is 12.2. The average Bonchev–Trinajstić information content (AvgIpc) is 3.08. The Morgan fingerprint density at radius 1 is 1.35 bits per heavy atom. The lowest BCUT2D eigenvalue weighted by molar-refractivity contribution is -0.130. The van der Waals surface area contributed by atoms with Crippen LogP contribution in [0.25, 0.3) is 0 Å². The first-order chi connectivity index (χ1) is 8.00. The van der Waals surface area contributed by atoms with Gasteiger partial charge in [-0.2, -0.15) is 0 Å². The van der Waals surface area contributed by atoms with E-state index in [0.717, 1.165) is 6.42 Å². The molecule has 2 saturated carbocycles. The third-order valence-corrected chi connectivity index (χ3v) is 4.56. The third kappa shape index (κ3) is 3.21. The molecule has 2 fully saturated rings. The molecule has 0 radical (unpaired) electrons. The molecule has 0 saturated heterocycles. The lowest BCUT2D eigenvalue weighted by Gasteiger charge is -2.37. The summed E-state index contributed by atoms with van der Waals surface area (Å²) in [4.78, 5) is 12.2. The van der Waals surface area contributed by atoms with Gasteiger partial charge in [0.15, 0.2) is 0 Å². The Kier molecular flexibility index (Phi) is 3.76. The summed E-state index contributed by atoms with van der Waals surface area (Å²) in [5.41, 5.74) is 6.17. The van der Waals surface area contributed by atoms with Gasteiger partial charge < -0.3 is 11.1 Å². The van der Waals surface area contributed by atoms with Crippen molar-refractivity contribution < 1.29 is 4.79 Å². The number of rotatable bonds is 4. The number of hydrogen-bond acceptors (Lipinski definition) is 2. The number of amides is 1. The molecule has 2 aliphatic carbocycles. The van der Waals surface area contributed by atoms with Gasteiger partial charge in [0.1, 0.15) is 0 Å². The molecule has 0 aromatic carbocycles. The second-order valence-corrected chi connectivity index (χ2v) is 6.53. The molecule has 0 aromatic heterocycles. The van der Waals surface area contributed by atoms with Crippen molar-refractivity contribution in [3.8, 4) is 0 Å². The van der Waals surface area contributed by atoms with Crippen molar-refractivity contribution >= 4 is 5.91 Å². The molecule has 2 atom stereocenters. The fourth-order valence-electron chi connectivity index (χ4n) is 3.01. The van der Waals surface area contributed by atoms with Gasteiger partial charge >= 0.3 is 0 Å². The van der Waals surface area contributed by atoms with Crippen LogP contribution >= 0.6 is 0 Å². The minimum atomic E-state index is 0.159. The van der Waals surface area contributed by atoms with Gasteiger partial charge in [0.25, 0.3) is 0 Å². The van der Waals surface area contributed by atoms with E-state index in [2.05, 4.69) is 19.2 Å². The standard InChI is InChI=1S/C14H26N2O/c1-14(2)8-4-3-5-11(14)13(17)16-9-12(15)10-6-7-10/h10-12H,3-9,15H2,1-2H3,(H,16,17). The van der Waals surface area contributed by atoms with E-state index in [9.17, 15) is 4.79 Å². The van der Waals surface area contributed by atoms with Crippen molar-refractivity contribution in [2.75, 3.05) is 6.54 Å². The molecule has 0 heterocycles. The minimum Gasteiger partial charge on any atom is -0.354 e. The molecular weight excluding hydrogens is 212 g/mol. The summed E-state index contributed by atoms with van der Waals surface area (Å²) in [7, 11) is 0. The molecule has 98 valence electrons. The van der Waals surface area contributed by atoms with Crippen molar-refractivity contribution in [2.24, 2.45) is 23.0 Å². The predicted molar refractivity (Wildman–Crippen MR) is 69.4 cm³/mol. The fraction of sp³-hybridized carbons (Fsp3) is 0.929. The van der Waals surface area contributed by atoms with Crippen LogP contribution in [0.15, 0.2) is 0 Å². The molecule has 0 bridgehead atoms. The molecule has 0 spiro atoms. The van der Waals surface area contributed by atoms with Gasteiger partial charge in [0.2, 0.25) is 5.91 Å². The zero-order chi connectivity index (χ0) is 12.5. The first kappa shape index (κ1) is 12.9. The van der Waals surface area contributed by atoms with Crippen LogP contribution in [-0.4, -0.2) is 18.5 Å². The maximum absolute atomic E-state index is 12.2. The highest BCUT2D eigenvalue weighted by Crippen LogP contribution is 2.40. The second-order valence-electron chi connectivity index (χ2n) is 6.53. The largest absolute Gasteiger partial charge is 0.354 e. The van der Waals surface area contributed by atoms with E-state index < -0.39 is 0 Å². The quantitative estimate of drug-likeness (QED) is 0.787. The highest BCUT2D eigenvalue weighted by molar-refractivity contribution is 5.79. The van der Waals surface area contributed by atoms with Crippen LogP contribution in [0.5, 0.6) is 0 Å². The molecule has 3 heteroatoms. The van der Waals surface area contributed by atoms with Crippen LogP contribution in [0.3, 0.4) is 0 Å². The molecule has 17 heavy (non-hydrogen) atoms. The zero-order valence-corrected chi connectivity index (χ0v) is 11.2. The normalized spacial score (nSPS) is 29.7. The number of hydrogen-bond donors (Lipinski definition) is 2. The Morgan fingerprint density at radius 2 is 2.06 bits per heavy atom. The van der Waals surface area contributed by atoms with E-state index in [1.165, 1.54) is 32.1 Å². The molecule has 3 nitrogen and oxygen atoms in total. The Hall–Kier alpha value is -0.570. The monoisotopic (exact) mass is 238 g/mol. The van der Waals surface area contributed by atoms with Crippen molar-refractivity contribution in [2.45, 2.75) is 58.4 Å². The van der Waals surface area contributed by atoms with E-state index in [1.807, 2.05) is 0 Å². The molecule has 2 unspecified atom stereocenters. The first-order valence-corrected chi connectivity index (χ1v) is 7.04. The second kappa shape index (κ2) is 4.97. The van der Waals surface area contributed by atoms with Gasteiger partial charge in [-0.1, -0.05) is 26.7 Å².